The van der Waals surface area contributed by atoms with Crippen molar-refractivity contribution < 1.29 is 18.9 Å². The van der Waals surface area contributed by atoms with Crippen molar-refractivity contribution in [3.05, 3.63) is 67.3 Å². The van der Waals surface area contributed by atoms with Crippen molar-refractivity contribution in [3.8, 4) is 0 Å². The molecule has 0 bridgehead atoms. The van der Waals surface area contributed by atoms with Crippen LogP contribution in [0.5, 0.6) is 0 Å². The Morgan fingerprint density at radius 2 is 1.00 bits per heavy atom. The minimum atomic E-state index is -0.421. The molecular formula is C13H12LiP. The third-order valence-electron chi connectivity index (χ3n) is 2.14. The van der Waals surface area contributed by atoms with E-state index >= 15 is 0 Å². The molecule has 0 saturated carbocycles. The first kappa shape index (κ1) is 12.5. The maximum absolute atomic E-state index is 4.24. The monoisotopic (exact) mass is 206 g/mol. The van der Waals surface area contributed by atoms with Gasteiger partial charge in [-0.3, -0.25) is 0 Å². The van der Waals surface area contributed by atoms with Gasteiger partial charge in [-0.15, -0.1) is 0 Å². The summed E-state index contributed by atoms with van der Waals surface area (Å²) in [6.45, 7) is 4.24. The fourth-order valence-corrected chi connectivity index (χ4v) is 2.73. The maximum Gasteiger partial charge on any atom is 1.00 e. The molecule has 0 saturated heterocycles. The van der Waals surface area contributed by atoms with Crippen molar-refractivity contribution in [2.24, 2.45) is 0 Å². The third-order valence-corrected chi connectivity index (χ3v) is 3.98. The Morgan fingerprint density at radius 1 is 0.667 bits per heavy atom. The molecule has 0 nitrogen and oxygen atoms in total. The molecule has 0 N–H and O–H groups in total. The van der Waals surface area contributed by atoms with E-state index in [0.717, 1.165) is 0 Å². The molecule has 2 aromatic carbocycles. The molecular weight excluding hydrogens is 194 g/mol. The maximum atomic E-state index is 4.24. The molecule has 0 aliphatic carbocycles. The SMILES string of the molecule is [CH2-]P(c1ccccc1)c1ccccc1.[Li+]. The summed E-state index contributed by atoms with van der Waals surface area (Å²) < 4.78 is 0. The summed E-state index contributed by atoms with van der Waals surface area (Å²) in [5.41, 5.74) is 0. The molecule has 0 aliphatic rings. The van der Waals surface area contributed by atoms with E-state index in [2.05, 4.69) is 55.2 Å². The molecule has 2 rings (SSSR count). The minimum Gasteiger partial charge on any atom is -0.308 e. The van der Waals surface area contributed by atoms with Crippen LogP contribution in [0.15, 0.2) is 60.7 Å². The molecule has 70 valence electrons. The van der Waals surface area contributed by atoms with Crippen molar-refractivity contribution in [3.63, 3.8) is 0 Å². The first-order valence-electron chi connectivity index (χ1n) is 4.58. The average molecular weight is 206 g/mol. The van der Waals surface area contributed by atoms with Crippen LogP contribution in [0.1, 0.15) is 0 Å². The van der Waals surface area contributed by atoms with Gasteiger partial charge in [0.05, 0.1) is 0 Å². The third kappa shape index (κ3) is 3.22. The van der Waals surface area contributed by atoms with Crippen molar-refractivity contribution in [1.82, 2.24) is 0 Å². The van der Waals surface area contributed by atoms with Crippen molar-refractivity contribution in [2.75, 3.05) is 0 Å². The van der Waals surface area contributed by atoms with Crippen LogP contribution in [0, 0.1) is 6.66 Å². The summed E-state index contributed by atoms with van der Waals surface area (Å²) in [4.78, 5) is 0. The molecule has 0 aliphatic heterocycles. The average Bonchev–Trinajstić information content (AvgIpc) is 2.30. The Bertz CT molecular complexity index is 346. The molecule has 0 fully saturated rings. The fourth-order valence-electron chi connectivity index (χ4n) is 1.36. The number of hydrogen-bond acceptors (Lipinski definition) is 0. The van der Waals surface area contributed by atoms with Gasteiger partial charge in [0.1, 0.15) is 0 Å². The minimum absolute atomic E-state index is 0. The van der Waals surface area contributed by atoms with E-state index in [1.54, 1.807) is 0 Å². The second-order valence-electron chi connectivity index (χ2n) is 3.10. The molecule has 15 heavy (non-hydrogen) atoms. The molecule has 2 heteroatoms. The van der Waals surface area contributed by atoms with E-state index in [1.807, 2.05) is 12.1 Å². The quantitative estimate of drug-likeness (QED) is 0.366. The zero-order valence-electron chi connectivity index (χ0n) is 8.93. The Labute approximate surface area is 105 Å². The van der Waals surface area contributed by atoms with Crippen molar-refractivity contribution in [2.45, 2.75) is 0 Å². The summed E-state index contributed by atoms with van der Waals surface area (Å²) >= 11 is 0. The van der Waals surface area contributed by atoms with Crippen LogP contribution in [0.3, 0.4) is 0 Å². The van der Waals surface area contributed by atoms with Crippen LogP contribution in [0.2, 0.25) is 0 Å². The van der Waals surface area contributed by atoms with Gasteiger partial charge in [-0.25, -0.2) is 7.92 Å². The fraction of sp³-hybridized carbons (Fsp3) is 0. The molecule has 0 unspecified atom stereocenters. The number of rotatable bonds is 2. The first-order chi connectivity index (χ1) is 6.88. The first-order valence-corrected chi connectivity index (χ1v) is 6.11. The molecule has 0 spiro atoms. The normalized spacial score (nSPS) is 9.73. The predicted octanol–water partition coefficient (Wildman–Crippen LogP) is -0.0851. The van der Waals surface area contributed by atoms with Crippen molar-refractivity contribution >= 4 is 18.5 Å². The largest absolute Gasteiger partial charge is 1.00 e. The van der Waals surface area contributed by atoms with Crippen LogP contribution in [0.25, 0.3) is 0 Å². The topological polar surface area (TPSA) is 0 Å². The van der Waals surface area contributed by atoms with Gasteiger partial charge in [-0.05, 0) is 0 Å². The summed E-state index contributed by atoms with van der Waals surface area (Å²) in [5, 5.41) is 2.66. The summed E-state index contributed by atoms with van der Waals surface area (Å²) in [6.07, 6.45) is 0. The van der Waals surface area contributed by atoms with Gasteiger partial charge >= 0.3 is 18.9 Å². The second kappa shape index (κ2) is 6.14. The van der Waals surface area contributed by atoms with Crippen LogP contribution in [0.4, 0.5) is 0 Å². The van der Waals surface area contributed by atoms with Gasteiger partial charge in [0.15, 0.2) is 0 Å². The molecule has 0 amide bonds. The van der Waals surface area contributed by atoms with E-state index in [1.165, 1.54) is 10.6 Å². The van der Waals surface area contributed by atoms with Crippen LogP contribution < -0.4 is 29.5 Å². The summed E-state index contributed by atoms with van der Waals surface area (Å²) in [7, 11) is -0.421. The summed E-state index contributed by atoms with van der Waals surface area (Å²) in [6, 6.07) is 20.9. The smallest absolute Gasteiger partial charge is 0.308 e. The van der Waals surface area contributed by atoms with Gasteiger partial charge in [0, 0.05) is 0 Å². The Hall–Kier alpha value is -0.533. The Morgan fingerprint density at radius 3 is 1.33 bits per heavy atom. The van der Waals surface area contributed by atoms with Crippen LogP contribution in [-0.2, 0) is 0 Å². The molecule has 0 atom stereocenters. The van der Waals surface area contributed by atoms with E-state index in [-0.39, 0.29) is 18.9 Å². The van der Waals surface area contributed by atoms with E-state index < -0.39 is 7.92 Å². The van der Waals surface area contributed by atoms with Gasteiger partial charge < -0.3 is 6.66 Å². The molecule has 0 heterocycles. The molecule has 2 aromatic rings. The zero-order chi connectivity index (χ0) is 9.80. The Kier molecular flexibility index (Phi) is 5.13. The standard InChI is InChI=1S/C13H12P.Li/c1-14(12-8-4-2-5-9-12)13-10-6-3-7-11-13;/h2-11H,1H2;/q-1;+1. The number of benzene rings is 2. The molecule has 0 radical (unpaired) electrons. The van der Waals surface area contributed by atoms with Gasteiger partial charge in [-0.2, -0.15) is 0 Å². The van der Waals surface area contributed by atoms with Gasteiger partial charge in [0.2, 0.25) is 0 Å². The predicted molar refractivity (Wildman–Crippen MR) is 64.4 cm³/mol. The van der Waals surface area contributed by atoms with Crippen LogP contribution in [-0.4, -0.2) is 0 Å². The Balaban J connectivity index is 0.00000112. The van der Waals surface area contributed by atoms with E-state index in [0.29, 0.717) is 0 Å². The van der Waals surface area contributed by atoms with Gasteiger partial charge in [0.25, 0.3) is 0 Å². The van der Waals surface area contributed by atoms with Crippen molar-refractivity contribution in [1.29, 1.82) is 0 Å². The van der Waals surface area contributed by atoms with Gasteiger partial charge in [-0.1, -0.05) is 71.3 Å². The summed E-state index contributed by atoms with van der Waals surface area (Å²) in [5.74, 6) is 0. The zero-order valence-corrected chi connectivity index (χ0v) is 9.82. The van der Waals surface area contributed by atoms with E-state index in [9.17, 15) is 0 Å². The molecule has 0 aromatic heterocycles. The second-order valence-corrected chi connectivity index (χ2v) is 4.99. The van der Waals surface area contributed by atoms with Crippen LogP contribution >= 0.6 is 7.92 Å². The number of hydrogen-bond donors (Lipinski definition) is 0. The van der Waals surface area contributed by atoms with E-state index in [4.69, 9.17) is 0 Å².